The van der Waals surface area contributed by atoms with Crippen LogP contribution in [0.1, 0.15) is 44.6 Å². The largest absolute Gasteiger partial charge is 0.437 e. The van der Waals surface area contributed by atoms with Crippen molar-refractivity contribution in [3.05, 3.63) is 35.9 Å². The van der Waals surface area contributed by atoms with Crippen LogP contribution in [-0.2, 0) is 9.53 Å². The van der Waals surface area contributed by atoms with Crippen LogP contribution in [0.2, 0.25) is 0 Å². The van der Waals surface area contributed by atoms with Crippen molar-refractivity contribution < 1.29 is 9.53 Å². The molecule has 0 spiro atoms. The Hall–Kier alpha value is -1.64. The first-order valence-corrected chi connectivity index (χ1v) is 7.01. The minimum absolute atomic E-state index is 0.223. The molecule has 1 aromatic carbocycles. The zero-order valence-corrected chi connectivity index (χ0v) is 11.3. The Morgan fingerprint density at radius 2 is 2.16 bits per heavy atom. The summed E-state index contributed by atoms with van der Waals surface area (Å²) in [4.78, 5) is 16.2. The number of aliphatic imine (C=N–C) groups is 1. The minimum Gasteiger partial charge on any atom is -0.437 e. The van der Waals surface area contributed by atoms with E-state index < -0.39 is 5.72 Å². The van der Waals surface area contributed by atoms with Crippen molar-refractivity contribution in [2.24, 2.45) is 10.9 Å². The number of carbonyl (C=O) groups excluding carboxylic acids is 1. The topological polar surface area (TPSA) is 38.7 Å². The Kier molecular flexibility index (Phi) is 3.13. The summed E-state index contributed by atoms with van der Waals surface area (Å²) < 4.78 is 5.57. The summed E-state index contributed by atoms with van der Waals surface area (Å²) in [5, 5.41) is 0. The molecule has 0 saturated heterocycles. The third kappa shape index (κ3) is 2.55. The van der Waals surface area contributed by atoms with Gasteiger partial charge in [-0.1, -0.05) is 30.3 Å². The lowest BCUT2D eigenvalue weighted by molar-refractivity contribution is -0.161. The molecule has 2 atom stereocenters. The summed E-state index contributed by atoms with van der Waals surface area (Å²) in [6.07, 6.45) is 5.08. The van der Waals surface area contributed by atoms with Crippen LogP contribution in [0.4, 0.5) is 0 Å². The molecular formula is C16H19NO2. The molecule has 0 amide bonds. The van der Waals surface area contributed by atoms with Crippen molar-refractivity contribution in [1.29, 1.82) is 0 Å². The van der Waals surface area contributed by atoms with Gasteiger partial charge in [-0.25, -0.2) is 4.99 Å². The molecular weight excluding hydrogens is 238 g/mol. The van der Waals surface area contributed by atoms with Gasteiger partial charge in [0.1, 0.15) is 0 Å². The summed E-state index contributed by atoms with van der Waals surface area (Å²) in [6.45, 7) is 1.48. The molecule has 1 aliphatic heterocycles. The molecule has 2 aliphatic rings. The highest BCUT2D eigenvalue weighted by molar-refractivity contribution is 6.01. The van der Waals surface area contributed by atoms with Crippen LogP contribution in [-0.4, -0.2) is 17.4 Å². The molecule has 3 nitrogen and oxygen atoms in total. The maximum absolute atomic E-state index is 11.4. The highest BCUT2D eigenvalue weighted by Crippen LogP contribution is 2.42. The van der Waals surface area contributed by atoms with E-state index in [2.05, 4.69) is 12.1 Å². The summed E-state index contributed by atoms with van der Waals surface area (Å²) in [6, 6.07) is 10.2. The van der Waals surface area contributed by atoms with Gasteiger partial charge in [-0.15, -0.1) is 0 Å². The third-order valence-corrected chi connectivity index (χ3v) is 4.05. The molecule has 0 radical (unpaired) electrons. The van der Waals surface area contributed by atoms with E-state index in [1.165, 1.54) is 13.3 Å². The molecule has 3 heteroatoms. The predicted molar refractivity (Wildman–Crippen MR) is 74.1 cm³/mol. The van der Waals surface area contributed by atoms with Gasteiger partial charge >= 0.3 is 5.97 Å². The number of nitrogens with zero attached hydrogens (tertiary/aromatic N) is 1. The molecule has 0 aromatic heterocycles. The van der Waals surface area contributed by atoms with Crippen molar-refractivity contribution in [3.8, 4) is 0 Å². The average molecular weight is 257 g/mol. The van der Waals surface area contributed by atoms with E-state index in [9.17, 15) is 4.79 Å². The Morgan fingerprint density at radius 3 is 2.89 bits per heavy atom. The summed E-state index contributed by atoms with van der Waals surface area (Å²) in [5.41, 5.74) is 1.67. The molecule has 1 fully saturated rings. The second-order valence-electron chi connectivity index (χ2n) is 5.63. The number of rotatable bonds is 2. The van der Waals surface area contributed by atoms with Crippen LogP contribution in [0.15, 0.2) is 35.3 Å². The molecule has 1 saturated carbocycles. The fraction of sp³-hybridized carbons (Fsp3) is 0.500. The maximum atomic E-state index is 11.4. The van der Waals surface area contributed by atoms with Crippen molar-refractivity contribution >= 4 is 11.7 Å². The van der Waals surface area contributed by atoms with Crippen LogP contribution in [0.3, 0.4) is 0 Å². The Labute approximate surface area is 113 Å². The van der Waals surface area contributed by atoms with Crippen LogP contribution in [0.5, 0.6) is 0 Å². The standard InChI is InChI=1S/C16H19NO2/c1-12(18)19-16-9-5-6-13(11-16)10-15(17-16)14-7-3-2-4-8-14/h2-4,7-8,13H,5-6,9-11H2,1H3. The number of esters is 1. The maximum Gasteiger partial charge on any atom is 0.304 e. The van der Waals surface area contributed by atoms with Gasteiger partial charge in [0.15, 0.2) is 0 Å². The summed E-state index contributed by atoms with van der Waals surface area (Å²) in [5.74, 6) is 0.375. The van der Waals surface area contributed by atoms with E-state index in [0.717, 1.165) is 37.0 Å². The monoisotopic (exact) mass is 257 g/mol. The summed E-state index contributed by atoms with van der Waals surface area (Å²) in [7, 11) is 0. The molecule has 19 heavy (non-hydrogen) atoms. The first-order valence-electron chi connectivity index (χ1n) is 7.01. The van der Waals surface area contributed by atoms with Crippen molar-refractivity contribution in [2.75, 3.05) is 0 Å². The third-order valence-electron chi connectivity index (χ3n) is 4.05. The smallest absolute Gasteiger partial charge is 0.304 e. The Balaban J connectivity index is 1.96. The normalized spacial score (nSPS) is 29.5. The van der Waals surface area contributed by atoms with Gasteiger partial charge in [-0.3, -0.25) is 4.79 Å². The number of hydrogen-bond acceptors (Lipinski definition) is 3. The number of benzene rings is 1. The van der Waals surface area contributed by atoms with Crippen LogP contribution < -0.4 is 0 Å². The highest BCUT2D eigenvalue weighted by Gasteiger charge is 2.42. The van der Waals surface area contributed by atoms with Gasteiger partial charge < -0.3 is 4.74 Å². The summed E-state index contributed by atoms with van der Waals surface area (Å²) >= 11 is 0. The molecule has 0 N–H and O–H groups in total. The second kappa shape index (κ2) is 4.80. The molecule has 1 aliphatic carbocycles. The molecule has 3 rings (SSSR count). The SMILES string of the molecule is CC(=O)OC12CCCC(CC(c3ccccc3)=N1)C2. The lowest BCUT2D eigenvalue weighted by Gasteiger charge is -2.41. The number of carbonyl (C=O) groups is 1. The van der Waals surface area contributed by atoms with Crippen LogP contribution >= 0.6 is 0 Å². The fourth-order valence-corrected chi connectivity index (χ4v) is 3.36. The van der Waals surface area contributed by atoms with Gasteiger partial charge in [-0.2, -0.15) is 0 Å². The van der Waals surface area contributed by atoms with Crippen LogP contribution in [0, 0.1) is 5.92 Å². The lowest BCUT2D eigenvalue weighted by Crippen LogP contribution is -2.42. The van der Waals surface area contributed by atoms with Gasteiger partial charge in [0.05, 0.1) is 0 Å². The first-order chi connectivity index (χ1) is 9.17. The molecule has 100 valence electrons. The zero-order valence-electron chi connectivity index (χ0n) is 11.3. The number of hydrogen-bond donors (Lipinski definition) is 0. The first kappa shape index (κ1) is 12.4. The molecule has 2 bridgehead atoms. The molecule has 1 aromatic rings. The van der Waals surface area contributed by atoms with Gasteiger partial charge in [0.25, 0.3) is 0 Å². The number of fused-ring (bicyclic) bond motifs is 2. The van der Waals surface area contributed by atoms with Gasteiger partial charge in [0.2, 0.25) is 5.72 Å². The highest BCUT2D eigenvalue weighted by atomic mass is 16.6. The van der Waals surface area contributed by atoms with E-state index in [0.29, 0.717) is 5.92 Å². The second-order valence-corrected chi connectivity index (χ2v) is 5.63. The van der Waals surface area contributed by atoms with Crippen molar-refractivity contribution in [2.45, 2.75) is 44.8 Å². The van der Waals surface area contributed by atoms with Gasteiger partial charge in [0, 0.05) is 25.5 Å². The molecule has 2 unspecified atom stereocenters. The van der Waals surface area contributed by atoms with Gasteiger partial charge in [-0.05, 0) is 30.7 Å². The van der Waals surface area contributed by atoms with E-state index in [4.69, 9.17) is 9.73 Å². The van der Waals surface area contributed by atoms with E-state index in [1.807, 2.05) is 18.2 Å². The van der Waals surface area contributed by atoms with Crippen LogP contribution in [0.25, 0.3) is 0 Å². The predicted octanol–water partition coefficient (Wildman–Crippen LogP) is 3.33. The van der Waals surface area contributed by atoms with Crippen molar-refractivity contribution in [1.82, 2.24) is 0 Å². The average Bonchev–Trinajstić information content (AvgIpc) is 2.38. The fourth-order valence-electron chi connectivity index (χ4n) is 3.36. The van der Waals surface area contributed by atoms with E-state index >= 15 is 0 Å². The molecule has 1 heterocycles. The Bertz CT molecular complexity index is 509. The van der Waals surface area contributed by atoms with Crippen molar-refractivity contribution in [3.63, 3.8) is 0 Å². The zero-order chi connectivity index (χ0) is 13.3. The lowest BCUT2D eigenvalue weighted by atomic mass is 9.77. The van der Waals surface area contributed by atoms with E-state index in [-0.39, 0.29) is 5.97 Å². The minimum atomic E-state index is -0.585. The van der Waals surface area contributed by atoms with E-state index in [1.54, 1.807) is 0 Å². The quantitative estimate of drug-likeness (QED) is 0.762. The Morgan fingerprint density at radius 1 is 1.37 bits per heavy atom. The number of ether oxygens (including phenoxy) is 1.